The molecule has 3 rings (SSSR count). The fourth-order valence-corrected chi connectivity index (χ4v) is 3.57. The second-order valence-electron chi connectivity index (χ2n) is 8.13. The Morgan fingerprint density at radius 1 is 1.05 bits per heavy atom. The number of carbonyl (C=O) groups excluding carboxylic acids is 2. The molecule has 0 aliphatic rings. The second kappa shape index (κ2) is 13.5. The first-order chi connectivity index (χ1) is 17.8. The van der Waals surface area contributed by atoms with E-state index < -0.39 is 23.0 Å². The molecular weight excluding hydrogens is 482 g/mol. The number of benzene rings is 2. The third kappa shape index (κ3) is 8.54. The highest BCUT2D eigenvalue weighted by Crippen LogP contribution is 2.21. The van der Waals surface area contributed by atoms with Crippen LogP contribution in [0.5, 0.6) is 0 Å². The second-order valence-corrected chi connectivity index (χ2v) is 8.13. The molecule has 0 aliphatic carbocycles. The van der Waals surface area contributed by atoms with E-state index in [1.807, 2.05) is 12.1 Å². The van der Waals surface area contributed by atoms with Crippen molar-refractivity contribution in [1.82, 2.24) is 15.6 Å². The number of hydrogen-bond acceptors (Lipinski definition) is 7. The van der Waals surface area contributed by atoms with Crippen LogP contribution in [-0.4, -0.2) is 52.1 Å². The zero-order chi connectivity index (χ0) is 26.6. The van der Waals surface area contributed by atoms with Crippen molar-refractivity contribution in [3.63, 3.8) is 0 Å². The van der Waals surface area contributed by atoms with Gasteiger partial charge in [-0.05, 0) is 49.1 Å². The molecule has 1 aromatic heterocycles. The van der Waals surface area contributed by atoms with Crippen molar-refractivity contribution in [1.29, 1.82) is 0 Å². The maximum atomic E-state index is 12.8. The maximum absolute atomic E-state index is 12.8. The number of fused-ring (bicyclic) bond motifs is 1. The van der Waals surface area contributed by atoms with E-state index in [9.17, 15) is 24.5 Å². The number of rotatable bonds is 13. The average molecular weight is 510 g/mol. The van der Waals surface area contributed by atoms with E-state index in [2.05, 4.69) is 20.9 Å². The first kappa shape index (κ1) is 27.0. The van der Waals surface area contributed by atoms with E-state index in [1.54, 1.807) is 36.5 Å². The lowest BCUT2D eigenvalue weighted by Crippen LogP contribution is -2.43. The summed E-state index contributed by atoms with van der Waals surface area (Å²) in [6, 6.07) is 13.9. The van der Waals surface area contributed by atoms with Gasteiger partial charge in [0.15, 0.2) is 0 Å². The zero-order valence-corrected chi connectivity index (χ0v) is 19.9. The number of nitrogens with zero attached hydrogens (tertiary/aromatic N) is 2. The molecule has 3 aromatic rings. The molecule has 0 spiro atoms. The normalized spacial score (nSPS) is 11.5. The molecule has 0 fully saturated rings. The Morgan fingerprint density at radius 3 is 2.54 bits per heavy atom. The van der Waals surface area contributed by atoms with Gasteiger partial charge in [0.1, 0.15) is 12.6 Å². The molecule has 1 heterocycles. The van der Waals surface area contributed by atoms with Crippen LogP contribution in [0.2, 0.25) is 0 Å². The van der Waals surface area contributed by atoms with Gasteiger partial charge >= 0.3 is 6.09 Å². The number of nitro benzene ring substituents is 1. The monoisotopic (exact) mass is 509 g/mol. The van der Waals surface area contributed by atoms with Gasteiger partial charge in [-0.1, -0.05) is 18.2 Å². The van der Waals surface area contributed by atoms with Crippen LogP contribution in [0.1, 0.15) is 24.8 Å². The lowest BCUT2D eigenvalue weighted by atomic mass is 10.1. The Hall–Kier alpha value is -4.58. The molecule has 1 unspecified atom stereocenters. The van der Waals surface area contributed by atoms with Crippen molar-refractivity contribution in [3.05, 3.63) is 76.5 Å². The van der Waals surface area contributed by atoms with Crippen LogP contribution in [0.4, 0.5) is 16.2 Å². The molecule has 12 heteroatoms. The topological polar surface area (TPSA) is 173 Å². The van der Waals surface area contributed by atoms with Gasteiger partial charge in [0.05, 0.1) is 22.7 Å². The van der Waals surface area contributed by atoms with Gasteiger partial charge < -0.3 is 25.8 Å². The van der Waals surface area contributed by atoms with E-state index >= 15 is 0 Å². The number of carboxylic acid groups (broad SMARTS) is 1. The third-order valence-corrected chi connectivity index (χ3v) is 5.40. The first-order valence-electron chi connectivity index (χ1n) is 11.6. The number of non-ortho nitro benzene ring substituents is 1. The predicted molar refractivity (Wildman–Crippen MR) is 135 cm³/mol. The van der Waals surface area contributed by atoms with Crippen LogP contribution in [-0.2, 0) is 20.9 Å². The minimum absolute atomic E-state index is 0.0228. The number of amides is 3. The van der Waals surface area contributed by atoms with E-state index in [0.29, 0.717) is 36.2 Å². The molecule has 1 atom stereocenters. The lowest BCUT2D eigenvalue weighted by molar-refractivity contribution is -0.384. The van der Waals surface area contributed by atoms with Crippen LogP contribution in [0.25, 0.3) is 10.9 Å². The number of nitro groups is 1. The molecule has 194 valence electrons. The van der Waals surface area contributed by atoms with E-state index in [4.69, 9.17) is 9.84 Å². The summed E-state index contributed by atoms with van der Waals surface area (Å²) < 4.78 is 5.32. The van der Waals surface area contributed by atoms with Crippen LogP contribution >= 0.6 is 0 Å². The van der Waals surface area contributed by atoms with Gasteiger partial charge in [-0.3, -0.25) is 24.7 Å². The molecule has 12 nitrogen and oxygen atoms in total. The maximum Gasteiger partial charge on any atom is 0.405 e. The quantitative estimate of drug-likeness (QED) is 0.154. The Morgan fingerprint density at radius 2 is 1.81 bits per heavy atom. The zero-order valence-electron chi connectivity index (χ0n) is 19.9. The number of para-hydroxylation sites is 1. The summed E-state index contributed by atoms with van der Waals surface area (Å²) in [6.45, 7) is 0.283. The van der Waals surface area contributed by atoms with Crippen LogP contribution in [0.3, 0.4) is 0 Å². The third-order valence-electron chi connectivity index (χ3n) is 5.40. The fraction of sp³-hybridized carbons (Fsp3) is 0.280. The molecule has 0 bridgehead atoms. The summed E-state index contributed by atoms with van der Waals surface area (Å²) in [5.74, 6) is -0.826. The highest BCUT2D eigenvalue weighted by atomic mass is 16.6. The van der Waals surface area contributed by atoms with Gasteiger partial charge in [-0.2, -0.15) is 0 Å². The summed E-state index contributed by atoms with van der Waals surface area (Å²) in [5.41, 5.74) is 1.77. The van der Waals surface area contributed by atoms with Crippen molar-refractivity contribution >= 4 is 40.2 Å². The molecular formula is C25H27N5O7. The van der Waals surface area contributed by atoms with Gasteiger partial charge in [0.25, 0.3) is 5.69 Å². The Bertz CT molecular complexity index is 1240. The standard InChI is InChI=1S/C25H27N5O7/c31-22(16-37-15-17-9-11-19(12-10-17)30(35)36)26-13-2-1-7-21(29-25(33)34)24(32)28-20-8-3-5-18-6-4-14-27-23(18)20/h3-6,8-12,14,21,29H,1-2,7,13,15-16H2,(H,26,31)(H,28,32)(H,33,34). The molecule has 4 N–H and O–H groups in total. The van der Waals surface area contributed by atoms with Crippen molar-refractivity contribution < 1.29 is 29.2 Å². The minimum atomic E-state index is -1.31. The van der Waals surface area contributed by atoms with E-state index in [-0.39, 0.29) is 31.2 Å². The van der Waals surface area contributed by atoms with Crippen molar-refractivity contribution in [2.75, 3.05) is 18.5 Å². The van der Waals surface area contributed by atoms with Crippen molar-refractivity contribution in [3.8, 4) is 0 Å². The molecule has 2 aromatic carbocycles. The summed E-state index contributed by atoms with van der Waals surface area (Å²) >= 11 is 0. The minimum Gasteiger partial charge on any atom is -0.465 e. The summed E-state index contributed by atoms with van der Waals surface area (Å²) in [7, 11) is 0. The number of anilines is 1. The van der Waals surface area contributed by atoms with Gasteiger partial charge in [0.2, 0.25) is 11.8 Å². The fourth-order valence-electron chi connectivity index (χ4n) is 3.57. The Labute approximate surface area is 212 Å². The highest BCUT2D eigenvalue weighted by molar-refractivity contribution is 6.02. The lowest BCUT2D eigenvalue weighted by Gasteiger charge is -2.17. The molecule has 37 heavy (non-hydrogen) atoms. The summed E-state index contributed by atoms with van der Waals surface area (Å²) in [6.07, 6.45) is 1.54. The number of carbonyl (C=O) groups is 3. The smallest absolute Gasteiger partial charge is 0.405 e. The highest BCUT2D eigenvalue weighted by Gasteiger charge is 2.21. The number of ether oxygens (including phenoxy) is 1. The number of nitrogens with one attached hydrogen (secondary N) is 3. The van der Waals surface area contributed by atoms with E-state index in [1.165, 1.54) is 12.1 Å². The number of aromatic nitrogens is 1. The molecule has 0 saturated carbocycles. The first-order valence-corrected chi connectivity index (χ1v) is 11.6. The summed E-state index contributed by atoms with van der Waals surface area (Å²) in [4.78, 5) is 50.4. The predicted octanol–water partition coefficient (Wildman–Crippen LogP) is 3.22. The number of pyridine rings is 1. The van der Waals surface area contributed by atoms with Crippen LogP contribution in [0.15, 0.2) is 60.8 Å². The Balaban J connectivity index is 1.38. The van der Waals surface area contributed by atoms with E-state index in [0.717, 1.165) is 5.39 Å². The van der Waals surface area contributed by atoms with Gasteiger partial charge in [0, 0.05) is 30.3 Å². The summed E-state index contributed by atoms with van der Waals surface area (Å²) in [5, 5.41) is 28.3. The van der Waals surface area contributed by atoms with Crippen molar-refractivity contribution in [2.24, 2.45) is 0 Å². The average Bonchev–Trinajstić information content (AvgIpc) is 2.88. The van der Waals surface area contributed by atoms with Gasteiger partial charge in [-0.25, -0.2) is 4.79 Å². The van der Waals surface area contributed by atoms with Crippen LogP contribution < -0.4 is 16.0 Å². The largest absolute Gasteiger partial charge is 0.465 e. The Kier molecular flexibility index (Phi) is 9.85. The SMILES string of the molecule is O=C(O)NC(CCCCNC(=O)COCc1ccc([N+](=O)[O-])cc1)C(=O)Nc1cccc2cccnc12. The molecule has 0 saturated heterocycles. The van der Waals surface area contributed by atoms with Crippen molar-refractivity contribution in [2.45, 2.75) is 31.9 Å². The molecule has 0 aliphatic heterocycles. The number of hydrogen-bond donors (Lipinski definition) is 4. The van der Waals surface area contributed by atoms with Gasteiger partial charge in [-0.15, -0.1) is 0 Å². The number of unbranched alkanes of at least 4 members (excludes halogenated alkanes) is 1. The molecule has 3 amide bonds. The molecule has 0 radical (unpaired) electrons. The van der Waals surface area contributed by atoms with Crippen LogP contribution in [0, 0.1) is 10.1 Å².